The molecule has 0 aliphatic heterocycles. The van der Waals surface area contributed by atoms with E-state index in [2.05, 4.69) is 10.3 Å². The first-order chi connectivity index (χ1) is 13.4. The van der Waals surface area contributed by atoms with Crippen LogP contribution >= 0.6 is 11.3 Å². The van der Waals surface area contributed by atoms with Crippen molar-refractivity contribution in [3.63, 3.8) is 0 Å². The number of hydrogen-bond acceptors (Lipinski definition) is 6. The zero-order valence-electron chi connectivity index (χ0n) is 15.2. The number of primary amides is 1. The summed E-state index contributed by atoms with van der Waals surface area (Å²) in [5.41, 5.74) is 6.90. The summed E-state index contributed by atoms with van der Waals surface area (Å²) in [6.45, 7) is 1.50. The fourth-order valence-corrected chi connectivity index (χ4v) is 3.47. The van der Waals surface area contributed by atoms with Crippen molar-refractivity contribution in [1.82, 2.24) is 4.98 Å². The molecular weight excluding hydrogens is 378 g/mol. The van der Waals surface area contributed by atoms with Crippen molar-refractivity contribution < 1.29 is 19.1 Å². The Morgan fingerprint density at radius 1 is 1.14 bits per heavy atom. The fourth-order valence-electron chi connectivity index (χ4n) is 2.51. The first-order valence-corrected chi connectivity index (χ1v) is 9.48. The Bertz CT molecular complexity index is 981. The molecule has 1 aromatic heterocycles. The number of rotatable bonds is 7. The number of carbonyl (C=O) groups is 3. The summed E-state index contributed by atoms with van der Waals surface area (Å²) in [6, 6.07) is 13.9. The number of fused-ring (bicyclic) bond motifs is 1. The number of ether oxygens (including phenoxy) is 1. The second-order valence-electron chi connectivity index (χ2n) is 6.14. The number of amides is 2. The molecule has 3 aromatic rings. The van der Waals surface area contributed by atoms with Crippen molar-refractivity contribution in [1.29, 1.82) is 0 Å². The maximum atomic E-state index is 12.2. The molecular formula is C20H19N3O4S. The van der Waals surface area contributed by atoms with E-state index in [-0.39, 0.29) is 6.42 Å². The zero-order chi connectivity index (χ0) is 20.1. The van der Waals surface area contributed by atoms with Crippen LogP contribution in [0.25, 0.3) is 10.2 Å². The standard InChI is InChI=1S/C20H19N3O4S/c1-12(20(26)22-14-8-6-13(7-9-14)19(21)25)27-18(24)11-10-17-23-15-4-2-3-5-16(15)28-17/h2-9,12H,10-11H2,1H3,(H2,21,25)(H,22,26). The lowest BCUT2D eigenvalue weighted by molar-refractivity contribution is -0.153. The average Bonchev–Trinajstić information content (AvgIpc) is 3.09. The predicted octanol–water partition coefficient (Wildman–Crippen LogP) is 2.90. The number of nitrogens with zero attached hydrogens (tertiary/aromatic N) is 1. The molecule has 1 heterocycles. The minimum absolute atomic E-state index is 0.144. The first kappa shape index (κ1) is 19.5. The zero-order valence-corrected chi connectivity index (χ0v) is 16.0. The maximum Gasteiger partial charge on any atom is 0.306 e. The molecule has 0 spiro atoms. The number of nitrogens with one attached hydrogen (secondary N) is 1. The molecule has 0 bridgehead atoms. The van der Waals surface area contributed by atoms with Crippen LogP contribution in [0.5, 0.6) is 0 Å². The molecule has 0 radical (unpaired) electrons. The molecule has 2 aromatic carbocycles. The van der Waals surface area contributed by atoms with Crippen molar-refractivity contribution in [2.24, 2.45) is 5.73 Å². The summed E-state index contributed by atoms with van der Waals surface area (Å²) in [7, 11) is 0. The van der Waals surface area contributed by atoms with Crippen molar-refractivity contribution in [2.75, 3.05) is 5.32 Å². The average molecular weight is 397 g/mol. The molecule has 0 aliphatic rings. The van der Waals surface area contributed by atoms with E-state index in [1.807, 2.05) is 24.3 Å². The van der Waals surface area contributed by atoms with E-state index in [0.717, 1.165) is 15.2 Å². The SMILES string of the molecule is CC(OC(=O)CCc1nc2ccccc2s1)C(=O)Nc1ccc(C(N)=O)cc1. The van der Waals surface area contributed by atoms with Crippen LogP contribution in [0.15, 0.2) is 48.5 Å². The number of nitrogens with two attached hydrogens (primary N) is 1. The highest BCUT2D eigenvalue weighted by molar-refractivity contribution is 7.18. The molecule has 28 heavy (non-hydrogen) atoms. The number of anilines is 1. The Kier molecular flexibility index (Phi) is 6.00. The highest BCUT2D eigenvalue weighted by atomic mass is 32.1. The van der Waals surface area contributed by atoms with E-state index in [9.17, 15) is 14.4 Å². The van der Waals surface area contributed by atoms with Crippen molar-refractivity contribution in [3.05, 3.63) is 59.1 Å². The van der Waals surface area contributed by atoms with Crippen molar-refractivity contribution >= 4 is 45.0 Å². The van der Waals surface area contributed by atoms with E-state index in [4.69, 9.17) is 10.5 Å². The maximum absolute atomic E-state index is 12.2. The Morgan fingerprint density at radius 3 is 2.54 bits per heavy atom. The summed E-state index contributed by atoms with van der Waals surface area (Å²) in [5, 5.41) is 3.48. The highest BCUT2D eigenvalue weighted by Gasteiger charge is 2.18. The number of para-hydroxylation sites is 1. The lowest BCUT2D eigenvalue weighted by Crippen LogP contribution is -2.30. The number of esters is 1. The van der Waals surface area contributed by atoms with Crippen LogP contribution in [0.1, 0.15) is 28.7 Å². The Labute approximate surface area is 165 Å². The summed E-state index contributed by atoms with van der Waals surface area (Å²) in [4.78, 5) is 39.7. The van der Waals surface area contributed by atoms with Crippen LogP contribution in [0, 0.1) is 0 Å². The largest absolute Gasteiger partial charge is 0.453 e. The molecule has 3 N–H and O–H groups in total. The molecule has 2 amide bonds. The van der Waals surface area contributed by atoms with Gasteiger partial charge >= 0.3 is 5.97 Å². The fraction of sp³-hybridized carbons (Fsp3) is 0.200. The van der Waals surface area contributed by atoms with Crippen molar-refractivity contribution in [3.8, 4) is 0 Å². The normalized spacial score (nSPS) is 11.8. The molecule has 8 heteroatoms. The lowest BCUT2D eigenvalue weighted by atomic mass is 10.2. The summed E-state index contributed by atoms with van der Waals surface area (Å²) < 4.78 is 6.26. The molecule has 1 unspecified atom stereocenters. The van der Waals surface area contributed by atoms with Gasteiger partial charge in [0.25, 0.3) is 5.91 Å². The number of carbonyl (C=O) groups excluding carboxylic acids is 3. The minimum Gasteiger partial charge on any atom is -0.453 e. The predicted molar refractivity (Wildman–Crippen MR) is 107 cm³/mol. The number of aryl methyl sites for hydroxylation is 1. The van der Waals surface area contributed by atoms with E-state index < -0.39 is 23.9 Å². The molecule has 1 atom stereocenters. The third kappa shape index (κ3) is 4.92. The third-order valence-corrected chi connectivity index (χ3v) is 5.09. The van der Waals surface area contributed by atoms with Crippen LogP contribution in [0.4, 0.5) is 5.69 Å². The van der Waals surface area contributed by atoms with Crippen LogP contribution in [-0.4, -0.2) is 28.9 Å². The monoisotopic (exact) mass is 397 g/mol. The van der Waals surface area contributed by atoms with Gasteiger partial charge in [0.15, 0.2) is 6.10 Å². The Hall–Kier alpha value is -3.26. The Morgan fingerprint density at radius 2 is 1.86 bits per heavy atom. The van der Waals surface area contributed by atoms with Gasteiger partial charge in [0.2, 0.25) is 5.91 Å². The third-order valence-electron chi connectivity index (χ3n) is 4.00. The van der Waals surface area contributed by atoms with Crippen LogP contribution in [-0.2, 0) is 20.7 Å². The van der Waals surface area contributed by atoms with E-state index in [1.54, 1.807) is 12.1 Å². The van der Waals surface area contributed by atoms with Gasteiger partial charge in [-0.3, -0.25) is 14.4 Å². The molecule has 0 fully saturated rings. The van der Waals surface area contributed by atoms with Gasteiger partial charge in [-0.15, -0.1) is 11.3 Å². The van der Waals surface area contributed by atoms with Gasteiger partial charge in [-0.2, -0.15) is 0 Å². The molecule has 7 nitrogen and oxygen atoms in total. The van der Waals surface area contributed by atoms with E-state index in [1.165, 1.54) is 30.4 Å². The Balaban J connectivity index is 1.48. The lowest BCUT2D eigenvalue weighted by Gasteiger charge is -2.13. The first-order valence-electron chi connectivity index (χ1n) is 8.67. The van der Waals surface area contributed by atoms with Crippen LogP contribution in [0.3, 0.4) is 0 Å². The molecule has 144 valence electrons. The van der Waals surface area contributed by atoms with Gasteiger partial charge in [-0.05, 0) is 43.3 Å². The summed E-state index contributed by atoms with van der Waals surface area (Å²) in [6.07, 6.45) is -0.343. The number of hydrogen-bond donors (Lipinski definition) is 2. The van der Waals surface area contributed by atoms with E-state index in [0.29, 0.717) is 17.7 Å². The quantitative estimate of drug-likeness (QED) is 0.596. The van der Waals surface area contributed by atoms with Gasteiger partial charge < -0.3 is 15.8 Å². The highest BCUT2D eigenvalue weighted by Crippen LogP contribution is 2.22. The second kappa shape index (κ2) is 8.62. The number of aromatic nitrogens is 1. The van der Waals surface area contributed by atoms with Crippen LogP contribution in [0.2, 0.25) is 0 Å². The molecule has 0 saturated heterocycles. The smallest absolute Gasteiger partial charge is 0.306 e. The van der Waals surface area contributed by atoms with Gasteiger partial charge in [-0.25, -0.2) is 4.98 Å². The molecule has 0 saturated carbocycles. The van der Waals surface area contributed by atoms with Gasteiger partial charge in [0.05, 0.1) is 21.6 Å². The molecule has 3 rings (SSSR count). The van der Waals surface area contributed by atoms with Gasteiger partial charge in [0, 0.05) is 17.7 Å². The summed E-state index contributed by atoms with van der Waals surface area (Å²) >= 11 is 1.54. The number of benzene rings is 2. The van der Waals surface area contributed by atoms with Gasteiger partial charge in [-0.1, -0.05) is 12.1 Å². The second-order valence-corrected chi connectivity index (χ2v) is 7.25. The summed E-state index contributed by atoms with van der Waals surface area (Å²) in [5.74, 6) is -1.47. The van der Waals surface area contributed by atoms with Gasteiger partial charge in [0.1, 0.15) is 0 Å². The van der Waals surface area contributed by atoms with Crippen LogP contribution < -0.4 is 11.1 Å². The van der Waals surface area contributed by atoms with E-state index >= 15 is 0 Å². The topological polar surface area (TPSA) is 111 Å². The number of thiazole rings is 1. The minimum atomic E-state index is -0.946. The molecule has 0 aliphatic carbocycles. The van der Waals surface area contributed by atoms with Crippen molar-refractivity contribution in [2.45, 2.75) is 25.9 Å².